The van der Waals surface area contributed by atoms with Crippen LogP contribution in [0.2, 0.25) is 0 Å². The second-order valence-electron chi connectivity index (χ2n) is 5.71. The Kier molecular flexibility index (Phi) is 3.51. The number of hydrogen-bond donors (Lipinski definition) is 1. The molecule has 3 rings (SSSR count). The zero-order chi connectivity index (χ0) is 16.6. The molecule has 8 heteroatoms. The predicted molar refractivity (Wildman–Crippen MR) is 82.5 cm³/mol. The smallest absolute Gasteiger partial charge is 0.240 e. The molecular formula is C15H17N5O3. The quantitative estimate of drug-likeness (QED) is 0.687. The van der Waals surface area contributed by atoms with E-state index in [4.69, 9.17) is 4.74 Å². The Morgan fingerprint density at radius 2 is 2.09 bits per heavy atom. The summed E-state index contributed by atoms with van der Waals surface area (Å²) in [7, 11) is 1.54. The van der Waals surface area contributed by atoms with E-state index < -0.39 is 11.6 Å². The molecule has 0 spiro atoms. The van der Waals surface area contributed by atoms with Crippen molar-refractivity contribution in [3.8, 4) is 5.75 Å². The molecule has 1 aliphatic heterocycles. The lowest BCUT2D eigenvalue weighted by Crippen LogP contribution is -2.34. The summed E-state index contributed by atoms with van der Waals surface area (Å²) in [6, 6.07) is 7.17. The van der Waals surface area contributed by atoms with Crippen molar-refractivity contribution < 1.29 is 14.7 Å². The molecule has 8 nitrogen and oxygen atoms in total. The highest BCUT2D eigenvalue weighted by molar-refractivity contribution is 6.23. The van der Waals surface area contributed by atoms with Gasteiger partial charge in [0.2, 0.25) is 5.91 Å². The first-order chi connectivity index (χ1) is 11.0. The average molecular weight is 315 g/mol. The summed E-state index contributed by atoms with van der Waals surface area (Å²) in [4.78, 5) is 18.4. The number of carbonyl (C=O) groups is 1. The maximum Gasteiger partial charge on any atom is 0.240 e. The van der Waals surface area contributed by atoms with Gasteiger partial charge in [-0.15, -0.1) is 0 Å². The second-order valence-corrected chi connectivity index (χ2v) is 5.71. The third kappa shape index (κ3) is 2.14. The van der Waals surface area contributed by atoms with Crippen LogP contribution in [0, 0.1) is 5.41 Å². The maximum atomic E-state index is 13.0. The Morgan fingerprint density at radius 3 is 2.70 bits per heavy atom. The minimum absolute atomic E-state index is 0.213. The molecule has 120 valence electrons. The predicted octanol–water partition coefficient (Wildman–Crippen LogP) is 1.69. The number of rotatable bonds is 3. The summed E-state index contributed by atoms with van der Waals surface area (Å²) in [6.07, 6.45) is 2.14. The minimum Gasteiger partial charge on any atom is -0.495 e. The molecule has 23 heavy (non-hydrogen) atoms. The van der Waals surface area contributed by atoms with Crippen molar-refractivity contribution >= 4 is 17.3 Å². The topological polar surface area (TPSA) is 92.8 Å². The van der Waals surface area contributed by atoms with Gasteiger partial charge in [0.1, 0.15) is 24.1 Å². The SMILES string of the molecule is COc1ccccc1N1C(=O)C(C)(C)C(=NO)C1n1cncn1. The monoisotopic (exact) mass is 315 g/mol. The molecule has 0 bridgehead atoms. The zero-order valence-corrected chi connectivity index (χ0v) is 13.0. The van der Waals surface area contributed by atoms with E-state index in [0.717, 1.165) is 0 Å². The number of amides is 1. The standard InChI is InChI=1S/C15H17N5O3/c1-15(2)12(18-22)13(19-9-16-8-17-19)20(14(15)21)10-6-4-5-7-11(10)23-3/h4-9,13,22H,1-3H3. The molecular weight excluding hydrogens is 298 g/mol. The highest BCUT2D eigenvalue weighted by Gasteiger charge is 2.54. The average Bonchev–Trinajstić information content (AvgIpc) is 3.13. The van der Waals surface area contributed by atoms with Crippen LogP contribution in [0.25, 0.3) is 0 Å². The van der Waals surface area contributed by atoms with Crippen molar-refractivity contribution in [3.63, 3.8) is 0 Å². The lowest BCUT2D eigenvalue weighted by atomic mass is 9.89. The van der Waals surface area contributed by atoms with E-state index in [0.29, 0.717) is 17.1 Å². The summed E-state index contributed by atoms with van der Waals surface area (Å²) < 4.78 is 6.85. The first kappa shape index (κ1) is 15.0. The van der Waals surface area contributed by atoms with E-state index in [2.05, 4.69) is 15.2 Å². The lowest BCUT2D eigenvalue weighted by molar-refractivity contribution is -0.122. The fraction of sp³-hybridized carbons (Fsp3) is 0.333. The van der Waals surface area contributed by atoms with Crippen LogP contribution in [0.1, 0.15) is 20.0 Å². The fourth-order valence-corrected chi connectivity index (χ4v) is 2.80. The largest absolute Gasteiger partial charge is 0.495 e. The number of para-hydroxylation sites is 2. The summed E-state index contributed by atoms with van der Waals surface area (Å²) in [5.74, 6) is 0.330. The van der Waals surface area contributed by atoms with Crippen molar-refractivity contribution in [2.75, 3.05) is 12.0 Å². The Balaban J connectivity index is 2.22. The molecule has 1 saturated heterocycles. The van der Waals surface area contributed by atoms with E-state index >= 15 is 0 Å². The molecule has 0 aliphatic carbocycles. The molecule has 1 aromatic carbocycles. The van der Waals surface area contributed by atoms with Crippen LogP contribution in [0.5, 0.6) is 5.75 Å². The molecule has 0 radical (unpaired) electrons. The van der Waals surface area contributed by atoms with E-state index in [9.17, 15) is 10.0 Å². The minimum atomic E-state index is -0.980. The molecule has 2 heterocycles. The molecule has 1 amide bonds. The Labute approximate surface area is 133 Å². The van der Waals surface area contributed by atoms with Crippen molar-refractivity contribution in [2.24, 2.45) is 10.6 Å². The molecule has 1 aromatic heterocycles. The third-order valence-electron chi connectivity index (χ3n) is 4.02. The molecule has 1 fully saturated rings. The number of benzene rings is 1. The summed E-state index contributed by atoms with van der Waals surface area (Å²) in [5, 5.41) is 17.0. The van der Waals surface area contributed by atoms with Gasteiger partial charge >= 0.3 is 0 Å². The number of ether oxygens (including phenoxy) is 1. The number of anilines is 1. The van der Waals surface area contributed by atoms with Gasteiger partial charge in [0.05, 0.1) is 18.2 Å². The number of methoxy groups -OCH3 is 1. The van der Waals surface area contributed by atoms with Crippen molar-refractivity contribution in [1.82, 2.24) is 14.8 Å². The van der Waals surface area contributed by atoms with E-state index in [-0.39, 0.29) is 5.91 Å². The van der Waals surface area contributed by atoms with Gasteiger partial charge in [-0.3, -0.25) is 9.69 Å². The second kappa shape index (κ2) is 5.38. The number of nitrogens with zero attached hydrogens (tertiary/aromatic N) is 5. The van der Waals surface area contributed by atoms with Crippen molar-refractivity contribution in [1.29, 1.82) is 0 Å². The molecule has 1 aliphatic rings. The Hall–Kier alpha value is -2.90. The molecule has 1 unspecified atom stereocenters. The van der Waals surface area contributed by atoms with Gasteiger partial charge in [-0.1, -0.05) is 17.3 Å². The van der Waals surface area contributed by atoms with Crippen molar-refractivity contribution in [3.05, 3.63) is 36.9 Å². The summed E-state index contributed by atoms with van der Waals surface area (Å²) in [6.45, 7) is 3.42. The van der Waals surface area contributed by atoms with Gasteiger partial charge in [-0.25, -0.2) is 9.67 Å². The van der Waals surface area contributed by atoms with Gasteiger partial charge in [-0.05, 0) is 26.0 Å². The molecule has 1 atom stereocenters. The number of hydrogen-bond acceptors (Lipinski definition) is 6. The van der Waals surface area contributed by atoms with Gasteiger partial charge in [0.25, 0.3) is 0 Å². The third-order valence-corrected chi connectivity index (χ3v) is 4.02. The maximum absolute atomic E-state index is 13.0. The van der Waals surface area contributed by atoms with Crippen LogP contribution in [-0.2, 0) is 4.79 Å². The number of aromatic nitrogens is 3. The van der Waals surface area contributed by atoms with E-state index in [1.54, 1.807) is 26.0 Å². The number of carbonyl (C=O) groups excluding carboxylic acids is 1. The molecule has 0 saturated carbocycles. The highest BCUT2D eigenvalue weighted by Crippen LogP contribution is 2.44. The Morgan fingerprint density at radius 1 is 1.35 bits per heavy atom. The first-order valence-electron chi connectivity index (χ1n) is 7.05. The van der Waals surface area contributed by atoms with Crippen molar-refractivity contribution in [2.45, 2.75) is 20.0 Å². The summed E-state index contributed by atoms with van der Waals surface area (Å²) in [5.41, 5.74) is -0.113. The van der Waals surface area contributed by atoms with Crippen LogP contribution >= 0.6 is 0 Å². The van der Waals surface area contributed by atoms with Crippen LogP contribution in [-0.4, -0.2) is 38.7 Å². The zero-order valence-electron chi connectivity index (χ0n) is 13.0. The van der Waals surface area contributed by atoms with Gasteiger partial charge < -0.3 is 9.94 Å². The van der Waals surface area contributed by atoms with Gasteiger partial charge in [-0.2, -0.15) is 5.10 Å². The van der Waals surface area contributed by atoms with Crippen LogP contribution in [0.15, 0.2) is 42.1 Å². The van der Waals surface area contributed by atoms with Crippen LogP contribution in [0.3, 0.4) is 0 Å². The first-order valence-corrected chi connectivity index (χ1v) is 7.05. The fourth-order valence-electron chi connectivity index (χ4n) is 2.80. The normalized spacial score (nSPS) is 21.9. The summed E-state index contributed by atoms with van der Waals surface area (Å²) >= 11 is 0. The van der Waals surface area contributed by atoms with E-state index in [1.165, 1.54) is 29.3 Å². The number of oxime groups is 1. The lowest BCUT2D eigenvalue weighted by Gasteiger charge is -2.25. The Bertz CT molecular complexity index is 754. The van der Waals surface area contributed by atoms with Crippen LogP contribution in [0.4, 0.5) is 5.69 Å². The van der Waals surface area contributed by atoms with Crippen LogP contribution < -0.4 is 9.64 Å². The molecule has 1 N–H and O–H groups in total. The van der Waals surface area contributed by atoms with Gasteiger partial charge in [0.15, 0.2) is 6.17 Å². The van der Waals surface area contributed by atoms with Gasteiger partial charge in [0, 0.05) is 0 Å². The van der Waals surface area contributed by atoms with E-state index in [1.807, 2.05) is 12.1 Å². The molecule has 2 aromatic rings. The highest BCUT2D eigenvalue weighted by atomic mass is 16.5.